The number of benzene rings is 1. The molecule has 1 atom stereocenters. The third-order valence-electron chi connectivity index (χ3n) is 2.71. The molecule has 2 N–H and O–H groups in total. The summed E-state index contributed by atoms with van der Waals surface area (Å²) in [5, 5.41) is 2.08. The minimum absolute atomic E-state index is 0.368. The van der Waals surface area contributed by atoms with Crippen molar-refractivity contribution in [1.82, 2.24) is 0 Å². The lowest BCUT2D eigenvalue weighted by molar-refractivity contribution is 0.492. The number of hydrogen-bond donors (Lipinski definition) is 1. The van der Waals surface area contributed by atoms with Gasteiger partial charge in [-0.1, -0.05) is 34.1 Å². The molecule has 1 nitrogen and oxygen atoms in total. The van der Waals surface area contributed by atoms with E-state index < -0.39 is 0 Å². The Bertz CT molecular complexity index is 520. The standard InChI is InChI=1S/C13H13Br2NS/c1-13(16,8-12-11(15)6-7-17-12)9-4-2-3-5-10(9)14/h2-7H,8,16H2,1H3. The molecular formula is C13H13Br2NS. The molecule has 1 aromatic carbocycles. The van der Waals surface area contributed by atoms with Gasteiger partial charge >= 0.3 is 0 Å². The quantitative estimate of drug-likeness (QED) is 0.828. The van der Waals surface area contributed by atoms with E-state index in [1.807, 2.05) is 18.2 Å². The van der Waals surface area contributed by atoms with Gasteiger partial charge in [0.15, 0.2) is 0 Å². The summed E-state index contributed by atoms with van der Waals surface area (Å²) in [4.78, 5) is 1.28. The summed E-state index contributed by atoms with van der Waals surface area (Å²) in [5.74, 6) is 0. The molecule has 1 heterocycles. The van der Waals surface area contributed by atoms with Crippen LogP contribution in [-0.4, -0.2) is 0 Å². The minimum Gasteiger partial charge on any atom is -0.321 e. The second kappa shape index (κ2) is 5.22. The molecule has 1 unspecified atom stereocenters. The van der Waals surface area contributed by atoms with E-state index in [0.717, 1.165) is 20.9 Å². The highest BCUT2D eigenvalue weighted by atomic mass is 79.9. The van der Waals surface area contributed by atoms with E-state index in [1.54, 1.807) is 11.3 Å². The second-order valence-corrected chi connectivity index (χ2v) is 6.98. The lowest BCUT2D eigenvalue weighted by atomic mass is 9.89. The molecule has 0 fully saturated rings. The van der Waals surface area contributed by atoms with Crippen molar-refractivity contribution < 1.29 is 0 Å². The Hall–Kier alpha value is -0.160. The highest BCUT2D eigenvalue weighted by molar-refractivity contribution is 9.10. The summed E-state index contributed by atoms with van der Waals surface area (Å²) in [7, 11) is 0. The first-order valence-electron chi connectivity index (χ1n) is 5.26. The average molecular weight is 375 g/mol. The van der Waals surface area contributed by atoms with E-state index in [-0.39, 0.29) is 5.54 Å². The second-order valence-electron chi connectivity index (χ2n) is 4.27. The third-order valence-corrected chi connectivity index (χ3v) is 5.33. The Balaban J connectivity index is 2.31. The van der Waals surface area contributed by atoms with Gasteiger partial charge in [0.2, 0.25) is 0 Å². The largest absolute Gasteiger partial charge is 0.321 e. The molecule has 0 aliphatic heterocycles. The van der Waals surface area contributed by atoms with Gasteiger partial charge in [0, 0.05) is 25.8 Å². The Morgan fingerprint density at radius 1 is 1.18 bits per heavy atom. The monoisotopic (exact) mass is 373 g/mol. The van der Waals surface area contributed by atoms with Crippen molar-refractivity contribution in [1.29, 1.82) is 0 Å². The van der Waals surface area contributed by atoms with Crippen LogP contribution >= 0.6 is 43.2 Å². The Morgan fingerprint density at radius 2 is 1.88 bits per heavy atom. The molecule has 0 saturated carbocycles. The van der Waals surface area contributed by atoms with Crippen LogP contribution in [0.2, 0.25) is 0 Å². The lowest BCUT2D eigenvalue weighted by Gasteiger charge is -2.26. The van der Waals surface area contributed by atoms with E-state index >= 15 is 0 Å². The van der Waals surface area contributed by atoms with Crippen LogP contribution in [0.3, 0.4) is 0 Å². The van der Waals surface area contributed by atoms with Crippen LogP contribution in [-0.2, 0) is 12.0 Å². The molecule has 2 rings (SSSR count). The molecule has 90 valence electrons. The number of hydrogen-bond acceptors (Lipinski definition) is 2. The number of thiophene rings is 1. The van der Waals surface area contributed by atoms with Crippen LogP contribution in [0.25, 0.3) is 0 Å². The molecule has 17 heavy (non-hydrogen) atoms. The predicted octanol–water partition coefficient (Wildman–Crippen LogP) is 4.69. The van der Waals surface area contributed by atoms with E-state index in [0.29, 0.717) is 0 Å². The summed E-state index contributed by atoms with van der Waals surface area (Å²) in [6.07, 6.45) is 0.827. The zero-order chi connectivity index (χ0) is 12.5. The van der Waals surface area contributed by atoms with Gasteiger partial charge in [0.05, 0.1) is 0 Å². The maximum Gasteiger partial charge on any atom is 0.0441 e. The lowest BCUT2D eigenvalue weighted by Crippen LogP contribution is -2.35. The van der Waals surface area contributed by atoms with Crippen LogP contribution in [0.1, 0.15) is 17.4 Å². The molecule has 0 aliphatic rings. The van der Waals surface area contributed by atoms with E-state index in [1.165, 1.54) is 4.88 Å². The van der Waals surface area contributed by atoms with Crippen LogP contribution in [0.4, 0.5) is 0 Å². The van der Waals surface area contributed by atoms with Crippen molar-refractivity contribution in [2.24, 2.45) is 5.73 Å². The molecule has 1 aromatic heterocycles. The number of nitrogens with two attached hydrogens (primary N) is 1. The Kier molecular flexibility index (Phi) is 4.08. The predicted molar refractivity (Wildman–Crippen MR) is 81.4 cm³/mol. The fourth-order valence-electron chi connectivity index (χ4n) is 1.80. The average Bonchev–Trinajstić information content (AvgIpc) is 2.64. The van der Waals surface area contributed by atoms with E-state index in [9.17, 15) is 0 Å². The van der Waals surface area contributed by atoms with Gasteiger partial charge in [0.25, 0.3) is 0 Å². The summed E-state index contributed by atoms with van der Waals surface area (Å²) >= 11 is 8.85. The van der Waals surface area contributed by atoms with Crippen LogP contribution in [0.15, 0.2) is 44.7 Å². The zero-order valence-electron chi connectivity index (χ0n) is 9.41. The molecule has 0 spiro atoms. The van der Waals surface area contributed by atoms with Crippen LogP contribution in [0, 0.1) is 0 Å². The Labute approximate surface area is 122 Å². The van der Waals surface area contributed by atoms with Crippen molar-refractivity contribution in [2.75, 3.05) is 0 Å². The maximum absolute atomic E-state index is 6.45. The summed E-state index contributed by atoms with van der Waals surface area (Å²) in [6, 6.07) is 10.2. The molecular weight excluding hydrogens is 362 g/mol. The van der Waals surface area contributed by atoms with Gasteiger partial charge in [-0.3, -0.25) is 0 Å². The minimum atomic E-state index is -0.368. The summed E-state index contributed by atoms with van der Waals surface area (Å²) < 4.78 is 2.21. The van der Waals surface area contributed by atoms with Crippen molar-refractivity contribution in [3.8, 4) is 0 Å². The maximum atomic E-state index is 6.45. The van der Waals surface area contributed by atoms with Crippen LogP contribution in [0.5, 0.6) is 0 Å². The van der Waals surface area contributed by atoms with E-state index in [4.69, 9.17) is 5.73 Å². The normalized spacial score (nSPS) is 14.6. The fraction of sp³-hybridized carbons (Fsp3) is 0.231. The zero-order valence-corrected chi connectivity index (χ0v) is 13.4. The molecule has 0 saturated heterocycles. The molecule has 2 aromatic rings. The highest BCUT2D eigenvalue weighted by Crippen LogP contribution is 2.33. The first-order chi connectivity index (χ1) is 8.00. The van der Waals surface area contributed by atoms with Crippen molar-refractivity contribution >= 4 is 43.2 Å². The molecule has 0 radical (unpaired) electrons. The number of rotatable bonds is 3. The van der Waals surface area contributed by atoms with Gasteiger partial charge < -0.3 is 5.73 Å². The van der Waals surface area contributed by atoms with Gasteiger partial charge in [-0.25, -0.2) is 0 Å². The molecule has 4 heteroatoms. The first kappa shape index (κ1) is 13.3. The first-order valence-corrected chi connectivity index (χ1v) is 7.73. The van der Waals surface area contributed by atoms with Crippen molar-refractivity contribution in [3.63, 3.8) is 0 Å². The number of halogens is 2. The van der Waals surface area contributed by atoms with Crippen molar-refractivity contribution in [2.45, 2.75) is 18.9 Å². The molecule has 0 amide bonds. The topological polar surface area (TPSA) is 26.0 Å². The SMILES string of the molecule is CC(N)(Cc1sccc1Br)c1ccccc1Br. The Morgan fingerprint density at radius 3 is 2.47 bits per heavy atom. The molecule has 0 aliphatic carbocycles. The van der Waals surface area contributed by atoms with Gasteiger partial charge in [-0.2, -0.15) is 0 Å². The summed E-state index contributed by atoms with van der Waals surface area (Å²) in [6.45, 7) is 2.07. The summed E-state index contributed by atoms with van der Waals surface area (Å²) in [5.41, 5.74) is 7.23. The fourth-order valence-corrected chi connectivity index (χ4v) is 4.20. The molecule has 0 bridgehead atoms. The van der Waals surface area contributed by atoms with Gasteiger partial charge in [-0.05, 0) is 45.9 Å². The third kappa shape index (κ3) is 2.99. The smallest absolute Gasteiger partial charge is 0.0441 e. The van der Waals surface area contributed by atoms with Gasteiger partial charge in [0.1, 0.15) is 0 Å². The van der Waals surface area contributed by atoms with E-state index in [2.05, 4.69) is 56.3 Å². The van der Waals surface area contributed by atoms with Crippen LogP contribution < -0.4 is 5.73 Å². The highest BCUT2D eigenvalue weighted by Gasteiger charge is 2.25. The van der Waals surface area contributed by atoms with Crippen molar-refractivity contribution in [3.05, 3.63) is 55.1 Å². The van der Waals surface area contributed by atoms with Gasteiger partial charge in [-0.15, -0.1) is 11.3 Å².